The highest BCUT2D eigenvalue weighted by Gasteiger charge is 2.64. The molecule has 2 atom stereocenters. The maximum Gasteiger partial charge on any atom is 0.430 e. The van der Waals surface area contributed by atoms with E-state index in [1.54, 1.807) is 12.1 Å². The fourth-order valence-electron chi connectivity index (χ4n) is 5.79. The number of nitrogens with zero attached hydrogens (tertiary/aromatic N) is 1. The molecule has 1 spiro atoms. The van der Waals surface area contributed by atoms with E-state index in [1.165, 1.54) is 32.4 Å². The molecular weight excluding hydrogens is 508 g/mol. The number of hydrogen-bond acceptors (Lipinski definition) is 5. The van der Waals surface area contributed by atoms with Crippen molar-refractivity contribution in [3.63, 3.8) is 0 Å². The van der Waals surface area contributed by atoms with E-state index in [0.29, 0.717) is 19.4 Å². The van der Waals surface area contributed by atoms with Crippen LogP contribution in [0, 0.1) is 11.2 Å². The quantitative estimate of drug-likeness (QED) is 0.559. The van der Waals surface area contributed by atoms with Crippen LogP contribution in [0.3, 0.4) is 0 Å². The van der Waals surface area contributed by atoms with Crippen LogP contribution in [0.25, 0.3) is 0 Å². The van der Waals surface area contributed by atoms with Crippen LogP contribution in [0.5, 0.6) is 11.5 Å². The second-order valence-corrected chi connectivity index (χ2v) is 9.69. The average Bonchev–Trinajstić information content (AvgIpc) is 2.89. The number of likely N-dealkylation sites (tertiary alicyclic amines) is 1. The second kappa shape index (κ2) is 10.4. The van der Waals surface area contributed by atoms with Crippen molar-refractivity contribution in [1.29, 1.82) is 0 Å². The summed E-state index contributed by atoms with van der Waals surface area (Å²) in [6, 6.07) is 9.53. The third-order valence-corrected chi connectivity index (χ3v) is 7.87. The van der Waals surface area contributed by atoms with Crippen LogP contribution in [0.4, 0.5) is 17.6 Å². The van der Waals surface area contributed by atoms with E-state index < -0.39 is 28.7 Å². The van der Waals surface area contributed by atoms with Crippen molar-refractivity contribution in [2.24, 2.45) is 5.41 Å². The number of halogens is 4. The molecule has 1 N–H and O–H groups in total. The SMILES string of the molecule is COc1ccc([C@](OC)(C(=O)N2CCC3(CC2)CC(=O)NC[C@H]3c2ccc(F)cc2)C(F)(F)F)cc1OC. The molecular formula is C27H30F4N2O5. The molecule has 2 heterocycles. The summed E-state index contributed by atoms with van der Waals surface area (Å²) in [5, 5.41) is 2.84. The molecule has 38 heavy (non-hydrogen) atoms. The smallest absolute Gasteiger partial charge is 0.430 e. The summed E-state index contributed by atoms with van der Waals surface area (Å²) in [6.07, 6.45) is -4.31. The zero-order valence-corrected chi connectivity index (χ0v) is 21.4. The van der Waals surface area contributed by atoms with E-state index >= 15 is 0 Å². The first-order valence-electron chi connectivity index (χ1n) is 12.2. The molecule has 2 amide bonds. The van der Waals surface area contributed by atoms with Gasteiger partial charge in [-0.1, -0.05) is 18.2 Å². The summed E-state index contributed by atoms with van der Waals surface area (Å²) in [5.74, 6) is -1.72. The van der Waals surface area contributed by atoms with Crippen molar-refractivity contribution >= 4 is 11.8 Å². The molecule has 0 radical (unpaired) electrons. The number of ether oxygens (including phenoxy) is 3. The largest absolute Gasteiger partial charge is 0.493 e. The maximum absolute atomic E-state index is 14.7. The first kappa shape index (κ1) is 27.7. The van der Waals surface area contributed by atoms with E-state index in [-0.39, 0.29) is 48.7 Å². The van der Waals surface area contributed by atoms with Crippen molar-refractivity contribution in [2.75, 3.05) is 41.0 Å². The number of alkyl halides is 3. The predicted octanol–water partition coefficient (Wildman–Crippen LogP) is 4.16. The van der Waals surface area contributed by atoms with Gasteiger partial charge in [-0.15, -0.1) is 0 Å². The van der Waals surface area contributed by atoms with Crippen LogP contribution >= 0.6 is 0 Å². The van der Waals surface area contributed by atoms with Gasteiger partial charge in [0.15, 0.2) is 11.5 Å². The van der Waals surface area contributed by atoms with Crippen LogP contribution in [-0.4, -0.2) is 63.9 Å². The highest BCUT2D eigenvalue weighted by molar-refractivity contribution is 5.88. The summed E-state index contributed by atoms with van der Waals surface area (Å²) >= 11 is 0. The van der Waals surface area contributed by atoms with E-state index in [1.807, 2.05) is 0 Å². The number of hydrogen-bond donors (Lipinski definition) is 1. The molecule has 4 rings (SSSR count). The standard InChI is InChI=1S/C27H30F4N2O5/c1-36-21-9-6-18(14-22(21)37-2)26(38-3,27(29,30)31)24(35)33-12-10-25(11-13-33)15-23(34)32-16-20(25)17-4-7-19(28)8-5-17/h4-9,14,20H,10-13,15-16H2,1-3H3,(H,32,34)/t20-,26-/m0/s1. The van der Waals surface area contributed by atoms with Gasteiger partial charge in [0, 0.05) is 44.6 Å². The number of piperidine rings is 2. The zero-order valence-electron chi connectivity index (χ0n) is 21.4. The highest BCUT2D eigenvalue weighted by Crippen LogP contribution is 2.51. The van der Waals surface area contributed by atoms with Gasteiger partial charge in [-0.25, -0.2) is 4.39 Å². The molecule has 2 aliphatic heterocycles. The number of carbonyl (C=O) groups is 2. The van der Waals surface area contributed by atoms with E-state index in [4.69, 9.17) is 14.2 Å². The average molecular weight is 539 g/mol. The molecule has 206 valence electrons. The van der Waals surface area contributed by atoms with Gasteiger partial charge in [0.2, 0.25) is 5.91 Å². The van der Waals surface area contributed by atoms with E-state index in [0.717, 1.165) is 29.7 Å². The molecule has 0 aromatic heterocycles. The Bertz CT molecular complexity index is 1180. The molecule has 2 aliphatic rings. The fourth-order valence-corrected chi connectivity index (χ4v) is 5.79. The van der Waals surface area contributed by atoms with Crippen LogP contribution < -0.4 is 14.8 Å². The molecule has 0 saturated carbocycles. The minimum atomic E-state index is -5.09. The monoisotopic (exact) mass is 538 g/mol. The summed E-state index contributed by atoms with van der Waals surface area (Å²) < 4.78 is 72.9. The minimum Gasteiger partial charge on any atom is -0.493 e. The van der Waals surface area contributed by atoms with Gasteiger partial charge in [0.05, 0.1) is 14.2 Å². The molecule has 0 bridgehead atoms. The third kappa shape index (κ3) is 4.68. The number of benzene rings is 2. The van der Waals surface area contributed by atoms with Gasteiger partial charge < -0.3 is 24.4 Å². The zero-order chi connectivity index (χ0) is 27.7. The van der Waals surface area contributed by atoms with Crippen molar-refractivity contribution in [2.45, 2.75) is 37.0 Å². The van der Waals surface area contributed by atoms with Gasteiger partial charge in [-0.2, -0.15) is 13.2 Å². The lowest BCUT2D eigenvalue weighted by molar-refractivity contribution is -0.271. The van der Waals surface area contributed by atoms with Gasteiger partial charge in [0.25, 0.3) is 11.5 Å². The van der Waals surface area contributed by atoms with Crippen molar-refractivity contribution in [3.05, 3.63) is 59.4 Å². The molecule has 2 fully saturated rings. The van der Waals surface area contributed by atoms with Crippen LogP contribution in [0.15, 0.2) is 42.5 Å². The van der Waals surface area contributed by atoms with Crippen molar-refractivity contribution in [1.82, 2.24) is 10.2 Å². The normalized spacial score (nSPS) is 21.0. The second-order valence-electron chi connectivity index (χ2n) is 9.69. The summed E-state index contributed by atoms with van der Waals surface area (Å²) in [5.41, 5.74) is -3.44. The molecule has 2 aromatic rings. The lowest BCUT2D eigenvalue weighted by atomic mass is 9.62. The lowest BCUT2D eigenvalue weighted by Crippen LogP contribution is -2.60. The Kier molecular flexibility index (Phi) is 7.60. The number of rotatable bonds is 6. The highest BCUT2D eigenvalue weighted by atomic mass is 19.4. The predicted molar refractivity (Wildman–Crippen MR) is 129 cm³/mol. The summed E-state index contributed by atoms with van der Waals surface area (Å²) in [7, 11) is 3.49. The number of carbonyl (C=O) groups excluding carboxylic acids is 2. The van der Waals surface area contributed by atoms with Crippen LogP contribution in [0.1, 0.15) is 36.3 Å². The minimum absolute atomic E-state index is 0.00170. The number of amides is 2. The Morgan fingerprint density at radius 1 is 1.00 bits per heavy atom. The molecule has 0 aliphatic carbocycles. The summed E-state index contributed by atoms with van der Waals surface area (Å²) in [4.78, 5) is 27.2. The first-order chi connectivity index (χ1) is 18.0. The lowest BCUT2D eigenvalue weighted by Gasteiger charge is -2.50. The van der Waals surface area contributed by atoms with Gasteiger partial charge in [0.1, 0.15) is 5.82 Å². The molecule has 7 nitrogen and oxygen atoms in total. The number of methoxy groups -OCH3 is 3. The van der Waals surface area contributed by atoms with Crippen molar-refractivity contribution < 1.29 is 41.4 Å². The first-order valence-corrected chi connectivity index (χ1v) is 12.2. The Hall–Kier alpha value is -3.34. The number of nitrogens with one attached hydrogen (secondary N) is 1. The van der Waals surface area contributed by atoms with Gasteiger partial charge in [-0.05, 0) is 48.1 Å². The molecule has 2 aromatic carbocycles. The third-order valence-electron chi connectivity index (χ3n) is 7.87. The molecule has 11 heteroatoms. The van der Waals surface area contributed by atoms with Crippen LogP contribution in [-0.2, 0) is 19.9 Å². The topological polar surface area (TPSA) is 77.1 Å². The van der Waals surface area contributed by atoms with E-state index in [9.17, 15) is 27.2 Å². The Labute approximate surface area is 218 Å². The van der Waals surface area contributed by atoms with Gasteiger partial charge >= 0.3 is 6.18 Å². The maximum atomic E-state index is 14.7. The fraction of sp³-hybridized carbons (Fsp3) is 0.481. The Morgan fingerprint density at radius 3 is 2.18 bits per heavy atom. The Morgan fingerprint density at radius 2 is 1.63 bits per heavy atom. The van der Waals surface area contributed by atoms with Crippen LogP contribution in [0.2, 0.25) is 0 Å². The van der Waals surface area contributed by atoms with E-state index in [2.05, 4.69) is 5.32 Å². The molecule has 2 saturated heterocycles. The summed E-state index contributed by atoms with van der Waals surface area (Å²) in [6.45, 7) is 0.325. The van der Waals surface area contributed by atoms with Crippen molar-refractivity contribution in [3.8, 4) is 11.5 Å². The van der Waals surface area contributed by atoms with Gasteiger partial charge in [-0.3, -0.25) is 9.59 Å². The Balaban J connectivity index is 1.65. The molecule has 0 unspecified atom stereocenters.